The Morgan fingerprint density at radius 1 is 0.926 bits per heavy atom. The van der Waals surface area contributed by atoms with Gasteiger partial charge in [-0.1, -0.05) is 36.4 Å². The second kappa shape index (κ2) is 8.28. The standard InChI is InChI=1S/C20H21N3O3S/c1-15-12-16(2)14-18(13-15)27(24,25)21-10-11-26-20-9-8-19(22-23-20)17-6-4-3-5-7-17/h3-9,12-14,21H,10-11H2,1-2H3. The second-order valence-electron chi connectivity index (χ2n) is 6.19. The predicted molar refractivity (Wildman–Crippen MR) is 104 cm³/mol. The number of rotatable bonds is 7. The molecule has 27 heavy (non-hydrogen) atoms. The van der Waals surface area contributed by atoms with Crippen LogP contribution in [0.3, 0.4) is 0 Å². The fourth-order valence-corrected chi connectivity index (χ4v) is 3.86. The van der Waals surface area contributed by atoms with E-state index in [1.807, 2.05) is 56.3 Å². The van der Waals surface area contributed by atoms with Crippen molar-refractivity contribution in [1.29, 1.82) is 0 Å². The molecule has 0 saturated carbocycles. The monoisotopic (exact) mass is 383 g/mol. The molecule has 1 N–H and O–H groups in total. The van der Waals surface area contributed by atoms with Crippen molar-refractivity contribution in [2.75, 3.05) is 13.2 Å². The van der Waals surface area contributed by atoms with Crippen LogP contribution in [-0.4, -0.2) is 31.8 Å². The zero-order chi connectivity index (χ0) is 19.3. The minimum absolute atomic E-state index is 0.136. The molecule has 3 aromatic rings. The van der Waals surface area contributed by atoms with Gasteiger partial charge in [0.2, 0.25) is 15.9 Å². The lowest BCUT2D eigenvalue weighted by molar-refractivity contribution is 0.307. The Bertz CT molecular complexity index is 984. The lowest BCUT2D eigenvalue weighted by Gasteiger charge is -2.09. The van der Waals surface area contributed by atoms with Crippen molar-refractivity contribution in [3.63, 3.8) is 0 Å². The van der Waals surface area contributed by atoms with E-state index in [4.69, 9.17) is 4.74 Å². The molecule has 3 rings (SSSR count). The number of hydrogen-bond donors (Lipinski definition) is 1. The van der Waals surface area contributed by atoms with Gasteiger partial charge < -0.3 is 4.74 Å². The molecule has 0 unspecified atom stereocenters. The van der Waals surface area contributed by atoms with E-state index in [1.54, 1.807) is 18.2 Å². The smallest absolute Gasteiger partial charge is 0.240 e. The average Bonchev–Trinajstić information content (AvgIpc) is 2.66. The highest BCUT2D eigenvalue weighted by Gasteiger charge is 2.14. The number of ether oxygens (including phenoxy) is 1. The Balaban J connectivity index is 1.54. The molecule has 0 radical (unpaired) electrons. The largest absolute Gasteiger partial charge is 0.475 e. The molecule has 0 aliphatic carbocycles. The van der Waals surface area contributed by atoms with Gasteiger partial charge in [-0.15, -0.1) is 10.2 Å². The van der Waals surface area contributed by atoms with Crippen LogP contribution in [-0.2, 0) is 10.0 Å². The lowest BCUT2D eigenvalue weighted by Crippen LogP contribution is -2.28. The third-order valence-corrected chi connectivity index (χ3v) is 5.30. The number of hydrogen-bond acceptors (Lipinski definition) is 5. The van der Waals surface area contributed by atoms with E-state index in [2.05, 4.69) is 14.9 Å². The van der Waals surface area contributed by atoms with Crippen molar-refractivity contribution < 1.29 is 13.2 Å². The van der Waals surface area contributed by atoms with Crippen LogP contribution in [0.25, 0.3) is 11.3 Å². The van der Waals surface area contributed by atoms with Gasteiger partial charge in [0.15, 0.2) is 0 Å². The zero-order valence-electron chi connectivity index (χ0n) is 15.2. The molecule has 0 fully saturated rings. The molecule has 140 valence electrons. The highest BCUT2D eigenvalue weighted by molar-refractivity contribution is 7.89. The van der Waals surface area contributed by atoms with E-state index >= 15 is 0 Å². The quantitative estimate of drug-likeness (QED) is 0.634. The number of nitrogens with one attached hydrogen (secondary N) is 1. The van der Waals surface area contributed by atoms with Gasteiger partial charge in [0, 0.05) is 18.2 Å². The SMILES string of the molecule is Cc1cc(C)cc(S(=O)(=O)NCCOc2ccc(-c3ccccc3)nn2)c1. The summed E-state index contributed by atoms with van der Waals surface area (Å²) in [4.78, 5) is 0.256. The van der Waals surface area contributed by atoms with E-state index in [0.29, 0.717) is 5.88 Å². The van der Waals surface area contributed by atoms with E-state index in [9.17, 15) is 8.42 Å². The Morgan fingerprint density at radius 3 is 2.26 bits per heavy atom. The van der Waals surface area contributed by atoms with Gasteiger partial charge in [0.25, 0.3) is 0 Å². The molecule has 1 aromatic heterocycles. The Kier molecular flexibility index (Phi) is 5.83. The van der Waals surface area contributed by atoms with Crippen molar-refractivity contribution in [3.05, 3.63) is 71.8 Å². The van der Waals surface area contributed by atoms with Crippen molar-refractivity contribution in [3.8, 4) is 17.1 Å². The molecule has 0 bridgehead atoms. The maximum Gasteiger partial charge on any atom is 0.240 e. The van der Waals surface area contributed by atoms with E-state index in [-0.39, 0.29) is 18.0 Å². The van der Waals surface area contributed by atoms with E-state index in [1.165, 1.54) is 0 Å². The summed E-state index contributed by atoms with van der Waals surface area (Å²) in [5.74, 6) is 0.347. The first-order valence-electron chi connectivity index (χ1n) is 8.54. The molecule has 0 aliphatic rings. The molecule has 6 nitrogen and oxygen atoms in total. The van der Waals surface area contributed by atoms with Gasteiger partial charge in [-0.25, -0.2) is 13.1 Å². The summed E-state index contributed by atoms with van der Waals surface area (Å²) in [6, 6.07) is 18.5. The molecule has 0 aliphatic heterocycles. The number of sulfonamides is 1. The molecule has 0 saturated heterocycles. The third-order valence-electron chi connectivity index (χ3n) is 3.86. The lowest BCUT2D eigenvalue weighted by atomic mass is 10.1. The summed E-state index contributed by atoms with van der Waals surface area (Å²) < 4.78 is 32.7. The van der Waals surface area contributed by atoms with Crippen molar-refractivity contribution >= 4 is 10.0 Å². The first-order valence-corrected chi connectivity index (χ1v) is 10.0. The predicted octanol–water partition coefficient (Wildman–Crippen LogP) is 3.12. The number of aryl methyl sites for hydroxylation is 2. The number of benzene rings is 2. The Hall–Kier alpha value is -2.77. The maximum atomic E-state index is 12.4. The highest BCUT2D eigenvalue weighted by atomic mass is 32.2. The Labute approximate surface area is 159 Å². The fraction of sp³-hybridized carbons (Fsp3) is 0.200. The van der Waals surface area contributed by atoms with Crippen LogP contribution in [0.2, 0.25) is 0 Å². The minimum atomic E-state index is -3.57. The van der Waals surface area contributed by atoms with Crippen LogP contribution in [0, 0.1) is 13.8 Å². The van der Waals surface area contributed by atoms with Gasteiger partial charge >= 0.3 is 0 Å². The van der Waals surface area contributed by atoms with Crippen molar-refractivity contribution in [2.45, 2.75) is 18.7 Å². The summed E-state index contributed by atoms with van der Waals surface area (Å²) in [5, 5.41) is 8.15. The molecular formula is C20H21N3O3S. The fourth-order valence-electron chi connectivity index (χ4n) is 2.66. The van der Waals surface area contributed by atoms with E-state index in [0.717, 1.165) is 22.4 Å². The van der Waals surface area contributed by atoms with Crippen molar-refractivity contribution in [2.24, 2.45) is 0 Å². The number of aromatic nitrogens is 2. The minimum Gasteiger partial charge on any atom is -0.475 e. The third kappa shape index (κ3) is 5.12. The van der Waals surface area contributed by atoms with Crippen LogP contribution in [0.15, 0.2) is 65.6 Å². The van der Waals surface area contributed by atoms with Gasteiger partial charge in [-0.2, -0.15) is 0 Å². The molecule has 1 heterocycles. The molecule has 0 atom stereocenters. The normalized spacial score (nSPS) is 11.3. The summed E-state index contributed by atoms with van der Waals surface area (Å²) in [6.07, 6.45) is 0. The molecule has 0 spiro atoms. The van der Waals surface area contributed by atoms with Crippen LogP contribution in [0.5, 0.6) is 5.88 Å². The summed E-state index contributed by atoms with van der Waals surface area (Å²) in [5.41, 5.74) is 3.53. The first kappa shape index (κ1) is 19.0. The summed E-state index contributed by atoms with van der Waals surface area (Å²) in [7, 11) is -3.57. The van der Waals surface area contributed by atoms with Crippen LogP contribution in [0.1, 0.15) is 11.1 Å². The average molecular weight is 383 g/mol. The number of nitrogens with zero attached hydrogens (tertiary/aromatic N) is 2. The summed E-state index contributed by atoms with van der Waals surface area (Å²) >= 11 is 0. The molecular weight excluding hydrogens is 362 g/mol. The zero-order valence-corrected chi connectivity index (χ0v) is 16.0. The Morgan fingerprint density at radius 2 is 1.63 bits per heavy atom. The molecule has 7 heteroatoms. The van der Waals surface area contributed by atoms with Gasteiger partial charge in [0.1, 0.15) is 6.61 Å². The molecule has 0 amide bonds. The van der Waals surface area contributed by atoms with Gasteiger partial charge in [0.05, 0.1) is 10.6 Å². The van der Waals surface area contributed by atoms with E-state index < -0.39 is 10.0 Å². The first-order chi connectivity index (χ1) is 12.9. The second-order valence-corrected chi connectivity index (χ2v) is 7.96. The maximum absolute atomic E-state index is 12.4. The van der Waals surface area contributed by atoms with Crippen LogP contribution >= 0.6 is 0 Å². The van der Waals surface area contributed by atoms with Gasteiger partial charge in [-0.3, -0.25) is 0 Å². The van der Waals surface area contributed by atoms with Crippen molar-refractivity contribution in [1.82, 2.24) is 14.9 Å². The highest BCUT2D eigenvalue weighted by Crippen LogP contribution is 2.17. The molecule has 2 aromatic carbocycles. The van der Waals surface area contributed by atoms with Crippen LogP contribution in [0.4, 0.5) is 0 Å². The summed E-state index contributed by atoms with van der Waals surface area (Å²) in [6.45, 7) is 4.03. The topological polar surface area (TPSA) is 81.2 Å². The van der Waals surface area contributed by atoms with Crippen LogP contribution < -0.4 is 9.46 Å². The van der Waals surface area contributed by atoms with Gasteiger partial charge in [-0.05, 0) is 43.2 Å².